The fraction of sp³-hybridized carbons (Fsp3) is 0.281. The second-order valence-corrected chi connectivity index (χ2v) is 13.8. The van der Waals surface area contributed by atoms with Gasteiger partial charge in [-0.1, -0.05) is 67.1 Å². The molecule has 0 aliphatic carbocycles. The Morgan fingerprint density at radius 3 is 2.17 bits per heavy atom. The number of amides is 1. The molecular formula is C32H35N2O6PS. The highest BCUT2D eigenvalue weighted by molar-refractivity contribution is 7.99. The molecule has 0 radical (unpaired) electrons. The van der Waals surface area contributed by atoms with Gasteiger partial charge in [-0.3, -0.25) is 9.59 Å². The second-order valence-electron chi connectivity index (χ2n) is 9.92. The van der Waals surface area contributed by atoms with Gasteiger partial charge >= 0.3 is 5.97 Å². The Morgan fingerprint density at radius 1 is 0.952 bits per heavy atom. The lowest BCUT2D eigenvalue weighted by Crippen LogP contribution is -2.41. The number of carbonyl (C=O) groups is 2. The molecule has 1 amide bonds. The van der Waals surface area contributed by atoms with E-state index in [1.807, 2.05) is 78.9 Å². The molecule has 4 rings (SSSR count). The van der Waals surface area contributed by atoms with E-state index in [1.165, 1.54) is 18.7 Å². The van der Waals surface area contributed by atoms with Crippen LogP contribution >= 0.6 is 18.9 Å². The molecule has 3 aromatic carbocycles. The second kappa shape index (κ2) is 14.4. The summed E-state index contributed by atoms with van der Waals surface area (Å²) in [5.74, 6) is 0.238. The SMILES string of the molecule is COc1ccc2c(c1)cc(P(=O)(c1ccccc1)c1ccccc1)c(=O)n2CCCCCSC[C@@H](NC(C)=O)C(=O)O. The van der Waals surface area contributed by atoms with Crippen LogP contribution in [0.25, 0.3) is 10.9 Å². The van der Waals surface area contributed by atoms with Crippen LogP contribution < -0.4 is 31.5 Å². The highest BCUT2D eigenvalue weighted by Crippen LogP contribution is 2.41. The molecule has 10 heteroatoms. The quantitative estimate of drug-likeness (QED) is 0.164. The summed E-state index contributed by atoms with van der Waals surface area (Å²) in [5, 5.41) is 13.9. The molecule has 1 heterocycles. The molecule has 8 nitrogen and oxygen atoms in total. The van der Waals surface area contributed by atoms with E-state index >= 15 is 4.57 Å². The van der Waals surface area contributed by atoms with Gasteiger partial charge in [-0.15, -0.1) is 0 Å². The van der Waals surface area contributed by atoms with Crippen molar-refractivity contribution >= 4 is 57.6 Å². The summed E-state index contributed by atoms with van der Waals surface area (Å²) in [6.45, 7) is 1.74. The molecule has 0 saturated heterocycles. The van der Waals surface area contributed by atoms with Crippen LogP contribution in [0.1, 0.15) is 26.2 Å². The minimum absolute atomic E-state index is 0.258. The van der Waals surface area contributed by atoms with Gasteiger partial charge < -0.3 is 24.3 Å². The van der Waals surface area contributed by atoms with Gasteiger partial charge in [0.25, 0.3) is 5.56 Å². The molecule has 42 heavy (non-hydrogen) atoms. The van der Waals surface area contributed by atoms with Crippen molar-refractivity contribution in [1.82, 2.24) is 9.88 Å². The first-order valence-electron chi connectivity index (χ1n) is 13.8. The number of rotatable bonds is 14. The number of aliphatic carboxylic acids is 1. The molecule has 0 bridgehead atoms. The van der Waals surface area contributed by atoms with E-state index in [9.17, 15) is 19.5 Å². The van der Waals surface area contributed by atoms with Gasteiger partial charge in [0.1, 0.15) is 11.8 Å². The van der Waals surface area contributed by atoms with E-state index < -0.39 is 19.2 Å². The number of nitrogens with zero attached hydrogens (tertiary/aromatic N) is 1. The Morgan fingerprint density at radius 2 is 1.60 bits per heavy atom. The molecule has 2 N–H and O–H groups in total. The van der Waals surface area contributed by atoms with Crippen LogP contribution in [0.15, 0.2) is 89.7 Å². The lowest BCUT2D eigenvalue weighted by atomic mass is 10.2. The van der Waals surface area contributed by atoms with Crippen LogP contribution in [0.4, 0.5) is 0 Å². The molecule has 4 aromatic rings. The first-order valence-corrected chi connectivity index (χ1v) is 16.6. The number of hydrogen-bond acceptors (Lipinski definition) is 6. The summed E-state index contributed by atoms with van der Waals surface area (Å²) >= 11 is 1.47. The zero-order valence-corrected chi connectivity index (χ0v) is 25.4. The number of aryl methyl sites for hydroxylation is 1. The van der Waals surface area contributed by atoms with Gasteiger partial charge in [0.15, 0.2) is 7.14 Å². The minimum atomic E-state index is -3.51. The van der Waals surface area contributed by atoms with Crippen molar-refractivity contribution in [1.29, 1.82) is 0 Å². The number of carboxylic acids is 1. The molecule has 0 spiro atoms. The van der Waals surface area contributed by atoms with Crippen molar-refractivity contribution in [3.63, 3.8) is 0 Å². The number of nitrogens with one attached hydrogen (secondary N) is 1. The summed E-state index contributed by atoms with van der Waals surface area (Å²) in [5.41, 5.74) is 0.462. The average molecular weight is 607 g/mol. The van der Waals surface area contributed by atoms with Gasteiger partial charge in [0.05, 0.1) is 17.9 Å². The van der Waals surface area contributed by atoms with Crippen LogP contribution in [0, 0.1) is 0 Å². The Kier molecular flexibility index (Phi) is 10.7. The van der Waals surface area contributed by atoms with Crippen molar-refractivity contribution < 1.29 is 24.0 Å². The summed E-state index contributed by atoms with van der Waals surface area (Å²) in [7, 11) is -1.92. The number of aromatic nitrogens is 1. The zero-order chi connectivity index (χ0) is 30.1. The van der Waals surface area contributed by atoms with Gasteiger partial charge in [-0.25, -0.2) is 4.79 Å². The lowest BCUT2D eigenvalue weighted by molar-refractivity contribution is -0.140. The third-order valence-electron chi connectivity index (χ3n) is 6.99. The molecule has 1 atom stereocenters. The van der Waals surface area contributed by atoms with Crippen LogP contribution in [-0.4, -0.2) is 46.2 Å². The van der Waals surface area contributed by atoms with Crippen LogP contribution in [0.3, 0.4) is 0 Å². The van der Waals surface area contributed by atoms with E-state index in [-0.39, 0.29) is 22.5 Å². The van der Waals surface area contributed by atoms with E-state index in [0.717, 1.165) is 29.5 Å². The maximum Gasteiger partial charge on any atom is 0.327 e. The molecule has 1 aromatic heterocycles. The predicted octanol–water partition coefficient (Wildman–Crippen LogP) is 4.14. The fourth-order valence-corrected chi connectivity index (χ4v) is 8.69. The highest BCUT2D eigenvalue weighted by atomic mass is 32.2. The summed E-state index contributed by atoms with van der Waals surface area (Å²) in [6.07, 6.45) is 2.35. The van der Waals surface area contributed by atoms with E-state index in [2.05, 4.69) is 5.32 Å². The number of carboxylic acid groups (broad SMARTS) is 1. The molecule has 0 fully saturated rings. The number of methoxy groups -OCH3 is 1. The van der Waals surface area contributed by atoms with Crippen molar-refractivity contribution in [3.8, 4) is 5.75 Å². The number of pyridine rings is 1. The molecule has 220 valence electrons. The number of fused-ring (bicyclic) bond motifs is 1. The van der Waals surface area contributed by atoms with Crippen molar-refractivity contribution in [2.24, 2.45) is 0 Å². The zero-order valence-electron chi connectivity index (χ0n) is 23.7. The van der Waals surface area contributed by atoms with Crippen LogP contribution in [0.5, 0.6) is 5.75 Å². The third-order valence-corrected chi connectivity index (χ3v) is 11.2. The number of ether oxygens (including phenoxy) is 1. The molecule has 0 aliphatic heterocycles. The molecule has 0 aliphatic rings. The summed E-state index contributed by atoms with van der Waals surface area (Å²) in [6, 6.07) is 24.7. The van der Waals surface area contributed by atoms with Crippen molar-refractivity contribution in [2.45, 2.75) is 38.8 Å². The monoisotopic (exact) mass is 606 g/mol. The maximum atomic E-state index is 15.1. The van der Waals surface area contributed by atoms with E-state index in [1.54, 1.807) is 17.7 Å². The van der Waals surface area contributed by atoms with Gasteiger partial charge in [0, 0.05) is 35.2 Å². The number of thioether (sulfide) groups is 1. The molecule has 0 unspecified atom stereocenters. The number of hydrogen-bond donors (Lipinski definition) is 2. The standard InChI is InChI=1S/C32H35N2O6PS/c1-23(35)33-28(32(37)38)22-42-19-11-5-10-18-34-29-17-16-25(40-2)20-24(29)21-30(31(34)36)41(39,26-12-6-3-7-13-26)27-14-8-4-9-15-27/h3-4,6-9,12-17,20-21,28H,5,10-11,18-19,22H2,1-2H3,(H,33,35)(H,37,38)/t28-/m1/s1. The van der Waals surface area contributed by atoms with Crippen LogP contribution in [0.2, 0.25) is 0 Å². The smallest absolute Gasteiger partial charge is 0.327 e. The summed E-state index contributed by atoms with van der Waals surface area (Å²) in [4.78, 5) is 36.8. The first kappa shape index (κ1) is 31.1. The van der Waals surface area contributed by atoms with Gasteiger partial charge in [-0.05, 0) is 42.9 Å². The first-order chi connectivity index (χ1) is 20.3. The Labute approximate surface area is 249 Å². The molecule has 0 saturated carbocycles. The number of benzene rings is 3. The lowest BCUT2D eigenvalue weighted by Gasteiger charge is -2.22. The Balaban J connectivity index is 1.62. The van der Waals surface area contributed by atoms with E-state index in [4.69, 9.17) is 4.74 Å². The van der Waals surface area contributed by atoms with Crippen molar-refractivity contribution in [2.75, 3.05) is 18.6 Å². The highest BCUT2D eigenvalue weighted by Gasteiger charge is 2.33. The Bertz CT molecular complexity index is 1600. The Hall–Kier alpha value is -3.81. The largest absolute Gasteiger partial charge is 0.497 e. The normalized spacial score (nSPS) is 12.1. The summed E-state index contributed by atoms with van der Waals surface area (Å²) < 4.78 is 22.3. The predicted molar refractivity (Wildman–Crippen MR) is 171 cm³/mol. The minimum Gasteiger partial charge on any atom is -0.497 e. The van der Waals surface area contributed by atoms with E-state index in [0.29, 0.717) is 29.3 Å². The average Bonchev–Trinajstić information content (AvgIpc) is 3.00. The van der Waals surface area contributed by atoms with Gasteiger partial charge in [-0.2, -0.15) is 11.8 Å². The van der Waals surface area contributed by atoms with Crippen LogP contribution in [-0.2, 0) is 20.7 Å². The van der Waals surface area contributed by atoms with Crippen molar-refractivity contribution in [3.05, 3.63) is 95.3 Å². The fourth-order valence-electron chi connectivity index (χ4n) is 4.90. The molecular weight excluding hydrogens is 571 g/mol. The third kappa shape index (κ3) is 7.15. The topological polar surface area (TPSA) is 115 Å². The van der Waals surface area contributed by atoms with Gasteiger partial charge in [0.2, 0.25) is 5.91 Å². The number of carbonyl (C=O) groups excluding carboxylic acids is 1. The number of unbranched alkanes of at least 4 members (excludes halogenated alkanes) is 2. The maximum absolute atomic E-state index is 15.1.